The summed E-state index contributed by atoms with van der Waals surface area (Å²) in [6, 6.07) is 11.3. The second kappa shape index (κ2) is 12.2. The van der Waals surface area contributed by atoms with Crippen LogP contribution < -0.4 is 4.74 Å². The predicted molar refractivity (Wildman–Crippen MR) is 146 cm³/mol. The van der Waals surface area contributed by atoms with Crippen LogP contribution in [0.3, 0.4) is 0 Å². The summed E-state index contributed by atoms with van der Waals surface area (Å²) >= 11 is 0. The molecule has 0 aliphatic heterocycles. The van der Waals surface area contributed by atoms with Crippen LogP contribution in [0.4, 0.5) is 4.79 Å². The van der Waals surface area contributed by atoms with Crippen molar-refractivity contribution in [2.45, 2.75) is 52.6 Å². The number of methoxy groups -OCH3 is 1. The van der Waals surface area contributed by atoms with Crippen molar-refractivity contribution >= 4 is 23.7 Å². The summed E-state index contributed by atoms with van der Waals surface area (Å²) in [4.78, 5) is 43.9. The Morgan fingerprint density at radius 3 is 2.45 bits per heavy atom. The van der Waals surface area contributed by atoms with Crippen LogP contribution >= 0.6 is 0 Å². The van der Waals surface area contributed by atoms with Gasteiger partial charge in [0.25, 0.3) is 0 Å². The Bertz CT molecular complexity index is 1410. The van der Waals surface area contributed by atoms with Crippen LogP contribution in [0.2, 0.25) is 0 Å². The topological polar surface area (TPSA) is 139 Å². The first-order valence-electron chi connectivity index (χ1n) is 13.4. The predicted octanol–water partition coefficient (Wildman–Crippen LogP) is 4.81. The molecule has 1 fully saturated rings. The smallest absolute Gasteiger partial charge is 0.416 e. The quantitative estimate of drug-likeness (QED) is 0.395. The van der Waals surface area contributed by atoms with E-state index >= 15 is 0 Å². The maximum atomic E-state index is 13.7. The maximum Gasteiger partial charge on any atom is 0.416 e. The van der Waals surface area contributed by atoms with Crippen LogP contribution in [0.25, 0.3) is 17.0 Å². The van der Waals surface area contributed by atoms with Crippen LogP contribution in [-0.4, -0.2) is 64.3 Å². The van der Waals surface area contributed by atoms with E-state index in [4.69, 9.17) is 9.47 Å². The van der Waals surface area contributed by atoms with Crippen LogP contribution in [0.5, 0.6) is 5.88 Å². The van der Waals surface area contributed by atoms with E-state index in [0.717, 1.165) is 18.4 Å². The zero-order valence-corrected chi connectivity index (χ0v) is 23.5. The molecule has 1 aromatic carbocycles. The highest BCUT2D eigenvalue weighted by atomic mass is 16.6. The molecule has 2 unspecified atom stereocenters. The molecular formula is C29H35N5O6. The molecule has 11 nitrogen and oxygen atoms in total. The van der Waals surface area contributed by atoms with Crippen molar-refractivity contribution in [2.75, 3.05) is 20.7 Å². The third-order valence-electron chi connectivity index (χ3n) is 7.41. The molecule has 2 atom stereocenters. The number of nitrogens with zero attached hydrogens (tertiary/aromatic N) is 4. The Balaban J connectivity index is 1.69. The van der Waals surface area contributed by atoms with Gasteiger partial charge in [-0.2, -0.15) is 5.26 Å². The lowest BCUT2D eigenvalue weighted by atomic mass is 9.75. The van der Waals surface area contributed by atoms with E-state index in [-0.39, 0.29) is 59.5 Å². The van der Waals surface area contributed by atoms with Gasteiger partial charge in [-0.1, -0.05) is 51.1 Å². The summed E-state index contributed by atoms with van der Waals surface area (Å²) < 4.78 is 17.6. The van der Waals surface area contributed by atoms with Gasteiger partial charge >= 0.3 is 18.0 Å². The molecule has 1 aliphatic rings. The zero-order valence-electron chi connectivity index (χ0n) is 23.5. The lowest BCUT2D eigenvalue weighted by Crippen LogP contribution is -2.37. The fraction of sp³-hybridized carbons (Fsp3) is 0.483. The van der Waals surface area contributed by atoms with Crippen LogP contribution in [0.15, 0.2) is 30.3 Å². The van der Waals surface area contributed by atoms with Gasteiger partial charge in [-0.3, -0.25) is 9.89 Å². The van der Waals surface area contributed by atoms with Crippen molar-refractivity contribution in [1.82, 2.24) is 19.5 Å². The largest absolute Gasteiger partial charge is 0.469 e. The molecule has 1 N–H and O–H groups in total. The molecule has 11 heteroatoms. The number of carbonyl (C=O) groups excluding carboxylic acids is 3. The number of rotatable bonds is 8. The second-order valence-electron chi connectivity index (χ2n) is 10.6. The van der Waals surface area contributed by atoms with Crippen molar-refractivity contribution in [2.24, 2.45) is 17.8 Å². The summed E-state index contributed by atoms with van der Waals surface area (Å²) in [6.45, 7) is 6.54. The highest BCUT2D eigenvalue weighted by molar-refractivity contribution is 6.01. The van der Waals surface area contributed by atoms with E-state index in [0.29, 0.717) is 18.2 Å². The number of ether oxygens (including phenoxy) is 3. The number of amides is 1. The standard InChI is InChI=1S/C29H35N5O6/c1-17-14-18(2)24(19(3)15-17)39-28(36)23-21(16-30)27(40-29(37)33(4)13-9-12-22(35)38-5)34-26(23)31-25(32-34)20-10-7-6-8-11-20/h6-8,10-11,17-19,24H,9,12-15H2,1-5H3,(H,31,32). The minimum atomic E-state index is -0.764. The van der Waals surface area contributed by atoms with Gasteiger partial charge in [0, 0.05) is 25.6 Å². The first kappa shape index (κ1) is 28.7. The van der Waals surface area contributed by atoms with Crippen molar-refractivity contribution < 1.29 is 28.6 Å². The molecule has 40 heavy (non-hydrogen) atoms. The molecule has 2 aromatic heterocycles. The Labute approximate surface area is 233 Å². The normalized spacial score (nSPS) is 20.5. The summed E-state index contributed by atoms with van der Waals surface area (Å²) in [6.07, 6.45) is 1.29. The fourth-order valence-corrected chi connectivity index (χ4v) is 5.53. The Morgan fingerprint density at radius 2 is 1.82 bits per heavy atom. The van der Waals surface area contributed by atoms with Gasteiger partial charge in [-0.15, -0.1) is 0 Å². The second-order valence-corrected chi connectivity index (χ2v) is 10.6. The van der Waals surface area contributed by atoms with Crippen molar-refractivity contribution in [3.05, 3.63) is 41.5 Å². The number of hydrogen-bond acceptors (Lipinski definition) is 8. The van der Waals surface area contributed by atoms with E-state index in [1.165, 1.54) is 23.6 Å². The van der Waals surface area contributed by atoms with Gasteiger partial charge in [-0.25, -0.2) is 19.1 Å². The molecule has 3 aromatic rings. The SMILES string of the molecule is COC(=O)CCCN(C)C(=O)Oc1c(C#N)c(C(=O)OC2C(C)CC(C)CC2C)c2nc(-c3ccccc3)[nH]n12. The number of benzene rings is 1. The first-order valence-corrected chi connectivity index (χ1v) is 13.4. The molecule has 1 aliphatic carbocycles. The number of nitrogens with one attached hydrogen (secondary N) is 1. The number of aromatic amines is 1. The zero-order chi connectivity index (χ0) is 29.0. The molecule has 212 valence electrons. The maximum absolute atomic E-state index is 13.7. The van der Waals surface area contributed by atoms with Gasteiger partial charge in [0.05, 0.1) is 7.11 Å². The van der Waals surface area contributed by atoms with Crippen LogP contribution in [-0.2, 0) is 14.3 Å². The van der Waals surface area contributed by atoms with Gasteiger partial charge in [0.1, 0.15) is 23.3 Å². The summed E-state index contributed by atoms with van der Waals surface area (Å²) in [5, 5.41) is 13.2. The number of fused-ring (bicyclic) bond motifs is 1. The summed E-state index contributed by atoms with van der Waals surface area (Å²) in [5.74, 6) is 0.0291. The van der Waals surface area contributed by atoms with E-state index < -0.39 is 12.1 Å². The molecule has 0 bridgehead atoms. The van der Waals surface area contributed by atoms with E-state index in [9.17, 15) is 19.6 Å². The molecule has 0 spiro atoms. The molecule has 1 amide bonds. The lowest BCUT2D eigenvalue weighted by molar-refractivity contribution is -0.140. The Kier molecular flexibility index (Phi) is 8.77. The fourth-order valence-electron chi connectivity index (χ4n) is 5.53. The molecule has 2 heterocycles. The van der Waals surface area contributed by atoms with Gasteiger partial charge in [0.15, 0.2) is 11.5 Å². The highest BCUT2D eigenvalue weighted by Gasteiger charge is 2.37. The minimum absolute atomic E-state index is 0.0601. The molecule has 0 radical (unpaired) electrons. The minimum Gasteiger partial charge on any atom is -0.469 e. The highest BCUT2D eigenvalue weighted by Crippen LogP contribution is 2.37. The number of aromatic nitrogens is 3. The molecule has 1 saturated carbocycles. The average Bonchev–Trinajstić information content (AvgIpc) is 3.48. The number of carbonyl (C=O) groups is 3. The number of esters is 2. The third kappa shape index (κ3) is 5.96. The van der Waals surface area contributed by atoms with Crippen LogP contribution in [0.1, 0.15) is 62.4 Å². The van der Waals surface area contributed by atoms with E-state index in [1.807, 2.05) is 36.4 Å². The van der Waals surface area contributed by atoms with Gasteiger partial charge in [-0.05, 0) is 37.0 Å². The van der Waals surface area contributed by atoms with E-state index in [1.54, 1.807) is 0 Å². The third-order valence-corrected chi connectivity index (χ3v) is 7.41. The number of H-pyrrole nitrogens is 1. The summed E-state index contributed by atoms with van der Waals surface area (Å²) in [5.41, 5.74) is 0.657. The van der Waals surface area contributed by atoms with E-state index in [2.05, 4.69) is 35.6 Å². The Morgan fingerprint density at radius 1 is 1.15 bits per heavy atom. The molecular weight excluding hydrogens is 514 g/mol. The van der Waals surface area contributed by atoms with Crippen molar-refractivity contribution in [1.29, 1.82) is 5.26 Å². The van der Waals surface area contributed by atoms with Crippen molar-refractivity contribution in [3.8, 4) is 23.3 Å². The number of hydrogen-bond donors (Lipinski definition) is 1. The number of nitriles is 1. The van der Waals surface area contributed by atoms with Gasteiger partial charge < -0.3 is 19.1 Å². The first-order chi connectivity index (χ1) is 19.1. The summed E-state index contributed by atoms with van der Waals surface area (Å²) in [7, 11) is 2.81. The average molecular weight is 550 g/mol. The molecule has 0 saturated heterocycles. The lowest BCUT2D eigenvalue weighted by Gasteiger charge is -2.37. The van der Waals surface area contributed by atoms with Crippen LogP contribution in [0, 0.1) is 29.1 Å². The Hall–Kier alpha value is -4.33. The van der Waals surface area contributed by atoms with Crippen molar-refractivity contribution in [3.63, 3.8) is 0 Å². The van der Waals surface area contributed by atoms with Gasteiger partial charge in [0.2, 0.25) is 5.88 Å². The monoisotopic (exact) mass is 549 g/mol. The molecule has 4 rings (SSSR count).